The summed E-state index contributed by atoms with van der Waals surface area (Å²) >= 11 is 0. The third-order valence-electron chi connectivity index (χ3n) is 7.19. The second-order valence-electron chi connectivity index (χ2n) is 10.9. The number of esters is 1. The molecule has 0 fully saturated rings. The first kappa shape index (κ1) is 35.7. The molecule has 0 radical (unpaired) electrons. The molecule has 0 aromatic heterocycles. The van der Waals surface area contributed by atoms with Crippen molar-refractivity contribution in [3.63, 3.8) is 0 Å². The maximum Gasteiger partial charge on any atom is 0.305 e. The molecule has 0 bridgehead atoms. The van der Waals surface area contributed by atoms with E-state index < -0.39 is 5.97 Å². The fraction of sp³-hybridized carbons (Fsp3) is 0.879. The Morgan fingerprint density at radius 2 is 0.892 bits per heavy atom. The lowest BCUT2D eigenvalue weighted by atomic mass is 10.1. The van der Waals surface area contributed by atoms with Gasteiger partial charge in [0.1, 0.15) is 0 Å². The van der Waals surface area contributed by atoms with E-state index in [1.807, 2.05) is 0 Å². The van der Waals surface area contributed by atoms with E-state index in [1.165, 1.54) is 116 Å². The van der Waals surface area contributed by atoms with Gasteiger partial charge in [-0.1, -0.05) is 135 Å². The summed E-state index contributed by atoms with van der Waals surface area (Å²) in [4.78, 5) is 22.3. The highest BCUT2D eigenvalue weighted by atomic mass is 16.5. The molecule has 0 aliphatic heterocycles. The minimum Gasteiger partial charge on any atom is -0.481 e. The normalized spacial score (nSPS) is 11.4. The van der Waals surface area contributed by atoms with Crippen LogP contribution in [0.1, 0.15) is 180 Å². The quantitative estimate of drug-likeness (QED) is 0.0578. The van der Waals surface area contributed by atoms with Crippen LogP contribution in [0.3, 0.4) is 0 Å². The number of carboxylic acids is 1. The molecule has 0 amide bonds. The number of allylic oxidation sites excluding steroid dienone is 2. The lowest BCUT2D eigenvalue weighted by molar-refractivity contribution is -0.144. The number of carbonyl (C=O) groups excluding carboxylic acids is 1. The molecule has 0 aliphatic carbocycles. The second-order valence-corrected chi connectivity index (χ2v) is 10.9. The van der Waals surface area contributed by atoms with E-state index in [4.69, 9.17) is 9.84 Å². The average molecular weight is 523 g/mol. The number of hydrogen-bond donors (Lipinski definition) is 1. The summed E-state index contributed by atoms with van der Waals surface area (Å²) in [6.07, 6.45) is 36.4. The highest BCUT2D eigenvalue weighted by molar-refractivity contribution is 5.69. The lowest BCUT2D eigenvalue weighted by Gasteiger charge is -2.05. The molecule has 0 saturated carbocycles. The maximum atomic E-state index is 11.9. The third kappa shape index (κ3) is 32.7. The molecule has 4 nitrogen and oxygen atoms in total. The Labute approximate surface area is 230 Å². The maximum absolute atomic E-state index is 11.9. The van der Waals surface area contributed by atoms with Crippen LogP contribution in [0.15, 0.2) is 12.2 Å². The van der Waals surface area contributed by atoms with Gasteiger partial charge in [-0.05, 0) is 44.9 Å². The van der Waals surface area contributed by atoms with Gasteiger partial charge in [-0.25, -0.2) is 0 Å². The monoisotopic (exact) mass is 522 g/mol. The summed E-state index contributed by atoms with van der Waals surface area (Å²) in [5.41, 5.74) is 0. The number of carbonyl (C=O) groups is 2. The molecule has 0 rings (SSSR count). The van der Waals surface area contributed by atoms with Gasteiger partial charge in [0.25, 0.3) is 0 Å². The average Bonchev–Trinajstić information content (AvgIpc) is 2.88. The van der Waals surface area contributed by atoms with E-state index in [1.54, 1.807) is 0 Å². The van der Waals surface area contributed by atoms with E-state index in [0.717, 1.165) is 44.9 Å². The zero-order valence-corrected chi connectivity index (χ0v) is 24.6. The standard InChI is InChI=1S/C33H62O4/c1-2-3-4-5-6-7-8-9-10-11-12-13-14-18-21-24-27-30-33(36)37-31-28-25-22-19-16-15-17-20-23-26-29-32(34)35/h9-10H,2-8,11-31H2,1H3,(H,34,35). The molecule has 0 saturated heterocycles. The Hall–Kier alpha value is -1.32. The molecule has 0 heterocycles. The van der Waals surface area contributed by atoms with Crippen molar-refractivity contribution in [3.05, 3.63) is 12.2 Å². The molecule has 0 aromatic carbocycles. The number of rotatable bonds is 30. The molecule has 1 N–H and O–H groups in total. The van der Waals surface area contributed by atoms with Crippen LogP contribution >= 0.6 is 0 Å². The first-order valence-corrected chi connectivity index (χ1v) is 16.2. The summed E-state index contributed by atoms with van der Waals surface area (Å²) in [7, 11) is 0. The first-order chi connectivity index (χ1) is 18.2. The predicted molar refractivity (Wildman–Crippen MR) is 158 cm³/mol. The van der Waals surface area contributed by atoms with Crippen LogP contribution in [0.5, 0.6) is 0 Å². The summed E-state index contributed by atoms with van der Waals surface area (Å²) in [5, 5.41) is 8.61. The van der Waals surface area contributed by atoms with Crippen LogP contribution in [-0.2, 0) is 14.3 Å². The molecular formula is C33H62O4. The summed E-state index contributed by atoms with van der Waals surface area (Å²) in [6, 6.07) is 0. The fourth-order valence-corrected chi connectivity index (χ4v) is 4.74. The summed E-state index contributed by atoms with van der Waals surface area (Å²) in [5.74, 6) is -0.699. The SMILES string of the molecule is CCCCCCCCC=CCCCCCCCCCC(=O)OCCCCCCCCCCCCC(=O)O. The van der Waals surface area contributed by atoms with Gasteiger partial charge in [-0.15, -0.1) is 0 Å². The van der Waals surface area contributed by atoms with Gasteiger partial charge in [-0.2, -0.15) is 0 Å². The van der Waals surface area contributed by atoms with Crippen molar-refractivity contribution in [2.75, 3.05) is 6.61 Å². The molecule has 0 aromatic rings. The van der Waals surface area contributed by atoms with Gasteiger partial charge < -0.3 is 9.84 Å². The van der Waals surface area contributed by atoms with Crippen LogP contribution in [0, 0.1) is 0 Å². The number of ether oxygens (including phenoxy) is 1. The van der Waals surface area contributed by atoms with E-state index in [-0.39, 0.29) is 5.97 Å². The lowest BCUT2D eigenvalue weighted by Crippen LogP contribution is -2.05. The number of unbranched alkanes of at least 4 members (excludes halogenated alkanes) is 22. The fourth-order valence-electron chi connectivity index (χ4n) is 4.74. The number of hydrogen-bond acceptors (Lipinski definition) is 3. The first-order valence-electron chi connectivity index (χ1n) is 16.2. The second kappa shape index (κ2) is 30.9. The van der Waals surface area contributed by atoms with Crippen molar-refractivity contribution in [1.29, 1.82) is 0 Å². The highest BCUT2D eigenvalue weighted by Crippen LogP contribution is 2.13. The Kier molecular flexibility index (Phi) is 29.8. The Balaban J connectivity index is 3.20. The molecule has 218 valence electrons. The minimum absolute atomic E-state index is 0.0179. The van der Waals surface area contributed by atoms with Crippen molar-refractivity contribution in [3.8, 4) is 0 Å². The molecule has 0 spiro atoms. The van der Waals surface area contributed by atoms with Crippen molar-refractivity contribution in [2.24, 2.45) is 0 Å². The molecule has 0 atom stereocenters. The number of carboxylic acid groups (broad SMARTS) is 1. The van der Waals surface area contributed by atoms with Gasteiger partial charge in [0.05, 0.1) is 6.61 Å². The van der Waals surface area contributed by atoms with E-state index in [2.05, 4.69) is 19.1 Å². The van der Waals surface area contributed by atoms with E-state index >= 15 is 0 Å². The van der Waals surface area contributed by atoms with Gasteiger partial charge in [0, 0.05) is 12.8 Å². The Morgan fingerprint density at radius 3 is 1.35 bits per heavy atom. The van der Waals surface area contributed by atoms with E-state index in [9.17, 15) is 9.59 Å². The smallest absolute Gasteiger partial charge is 0.305 e. The van der Waals surface area contributed by atoms with Gasteiger partial charge in [0.2, 0.25) is 0 Å². The summed E-state index contributed by atoms with van der Waals surface area (Å²) in [6.45, 7) is 2.85. The van der Waals surface area contributed by atoms with Crippen molar-refractivity contribution in [1.82, 2.24) is 0 Å². The Morgan fingerprint density at radius 1 is 0.514 bits per heavy atom. The summed E-state index contributed by atoms with van der Waals surface area (Å²) < 4.78 is 5.38. The Bertz CT molecular complexity index is 514. The molecule has 37 heavy (non-hydrogen) atoms. The van der Waals surface area contributed by atoms with Gasteiger partial charge in [-0.3, -0.25) is 9.59 Å². The van der Waals surface area contributed by atoms with Crippen molar-refractivity contribution in [2.45, 2.75) is 180 Å². The van der Waals surface area contributed by atoms with Crippen LogP contribution < -0.4 is 0 Å². The van der Waals surface area contributed by atoms with Crippen LogP contribution in [0.2, 0.25) is 0 Å². The van der Waals surface area contributed by atoms with Gasteiger partial charge >= 0.3 is 11.9 Å². The van der Waals surface area contributed by atoms with Gasteiger partial charge in [0.15, 0.2) is 0 Å². The van der Waals surface area contributed by atoms with Crippen molar-refractivity contribution < 1.29 is 19.4 Å². The van der Waals surface area contributed by atoms with Crippen LogP contribution in [0.4, 0.5) is 0 Å². The van der Waals surface area contributed by atoms with Crippen LogP contribution in [0.25, 0.3) is 0 Å². The third-order valence-corrected chi connectivity index (χ3v) is 7.19. The topological polar surface area (TPSA) is 63.6 Å². The van der Waals surface area contributed by atoms with E-state index in [0.29, 0.717) is 19.4 Å². The van der Waals surface area contributed by atoms with Crippen molar-refractivity contribution >= 4 is 11.9 Å². The molecule has 0 aliphatic rings. The predicted octanol–water partition coefficient (Wildman–Crippen LogP) is 10.7. The zero-order chi connectivity index (χ0) is 27.1. The number of aliphatic carboxylic acids is 1. The highest BCUT2D eigenvalue weighted by Gasteiger charge is 2.03. The molecule has 4 heteroatoms. The minimum atomic E-state index is -0.681. The largest absolute Gasteiger partial charge is 0.481 e. The zero-order valence-electron chi connectivity index (χ0n) is 24.6. The molecular weight excluding hydrogens is 460 g/mol. The molecule has 0 unspecified atom stereocenters. The van der Waals surface area contributed by atoms with Crippen LogP contribution in [-0.4, -0.2) is 23.7 Å².